The summed E-state index contributed by atoms with van der Waals surface area (Å²) in [5.74, 6) is 0. The lowest BCUT2D eigenvalue weighted by molar-refractivity contribution is 0.180. The smallest absolute Gasteiger partial charge is 0.0941 e. The Morgan fingerprint density at radius 1 is 1.50 bits per heavy atom. The van der Waals surface area contributed by atoms with Crippen LogP contribution in [0.4, 0.5) is 0 Å². The van der Waals surface area contributed by atoms with E-state index in [2.05, 4.69) is 11.7 Å². The van der Waals surface area contributed by atoms with E-state index in [1.165, 1.54) is 0 Å². The summed E-state index contributed by atoms with van der Waals surface area (Å²) in [6, 6.07) is 7.10. The Bertz CT molecular complexity index is 718. The van der Waals surface area contributed by atoms with Crippen molar-refractivity contribution in [1.29, 1.82) is 5.26 Å². The maximum atomic E-state index is 10.3. The number of benzene rings is 1. The van der Waals surface area contributed by atoms with Gasteiger partial charge >= 0.3 is 0 Å². The number of nitriles is 1. The van der Waals surface area contributed by atoms with Gasteiger partial charge in [0.25, 0.3) is 0 Å². The van der Waals surface area contributed by atoms with Gasteiger partial charge in [-0.15, -0.1) is 0 Å². The van der Waals surface area contributed by atoms with Gasteiger partial charge in [0.15, 0.2) is 0 Å². The molecule has 0 radical (unpaired) electrons. The van der Waals surface area contributed by atoms with E-state index in [0.717, 1.165) is 11.1 Å². The van der Waals surface area contributed by atoms with Crippen LogP contribution in [0.25, 0.3) is 11.1 Å². The molecular formula is C16H16ClN3O2. The summed E-state index contributed by atoms with van der Waals surface area (Å²) in [6.45, 7) is 3.98. The molecule has 0 spiro atoms. The van der Waals surface area contributed by atoms with Crippen LogP contribution in [0.1, 0.15) is 18.1 Å². The summed E-state index contributed by atoms with van der Waals surface area (Å²) in [5.41, 5.74) is 2.50. The molecule has 0 saturated carbocycles. The molecule has 2 rings (SSSR count). The number of aliphatic hydroxyl groups is 2. The van der Waals surface area contributed by atoms with Crippen molar-refractivity contribution in [1.82, 2.24) is 9.78 Å². The molecular weight excluding hydrogens is 302 g/mol. The first-order valence-corrected chi connectivity index (χ1v) is 7.12. The second-order valence-electron chi connectivity index (χ2n) is 4.88. The van der Waals surface area contributed by atoms with E-state index >= 15 is 0 Å². The number of rotatable bonds is 6. The number of halogens is 1. The van der Waals surface area contributed by atoms with Crippen molar-refractivity contribution >= 4 is 11.6 Å². The Balaban J connectivity index is 2.39. The molecule has 2 aromatic rings. The molecule has 114 valence electrons. The van der Waals surface area contributed by atoms with Crippen LogP contribution in [0.3, 0.4) is 0 Å². The average Bonchev–Trinajstić information content (AvgIpc) is 2.95. The number of hydrogen-bond acceptors (Lipinski definition) is 4. The summed E-state index contributed by atoms with van der Waals surface area (Å²) in [5, 5.41) is 32.8. The van der Waals surface area contributed by atoms with E-state index < -0.39 is 6.10 Å². The first-order valence-electron chi connectivity index (χ1n) is 6.74. The second kappa shape index (κ2) is 7.23. The Morgan fingerprint density at radius 2 is 2.27 bits per heavy atom. The molecule has 0 fully saturated rings. The third-order valence-electron chi connectivity index (χ3n) is 3.25. The third-order valence-corrected chi connectivity index (χ3v) is 3.48. The summed E-state index contributed by atoms with van der Waals surface area (Å²) in [6.07, 6.45) is 2.74. The van der Waals surface area contributed by atoms with E-state index in [1.54, 1.807) is 35.3 Å². The molecule has 0 aliphatic carbocycles. The summed E-state index contributed by atoms with van der Waals surface area (Å²) < 4.78 is 1.61. The van der Waals surface area contributed by atoms with Crippen LogP contribution < -0.4 is 0 Å². The van der Waals surface area contributed by atoms with Crippen LogP contribution in [-0.2, 0) is 6.54 Å². The van der Waals surface area contributed by atoms with Gasteiger partial charge in [-0.2, -0.15) is 10.4 Å². The van der Waals surface area contributed by atoms with Gasteiger partial charge in [0.2, 0.25) is 0 Å². The van der Waals surface area contributed by atoms with Gasteiger partial charge in [0.05, 0.1) is 31.5 Å². The molecule has 1 unspecified atom stereocenters. The van der Waals surface area contributed by atoms with Gasteiger partial charge in [-0.1, -0.05) is 24.2 Å². The lowest BCUT2D eigenvalue weighted by Gasteiger charge is -2.14. The van der Waals surface area contributed by atoms with Crippen LogP contribution in [0, 0.1) is 11.3 Å². The Kier molecular flexibility index (Phi) is 5.34. The Hall–Kier alpha value is -2.13. The van der Waals surface area contributed by atoms with Gasteiger partial charge < -0.3 is 10.2 Å². The molecule has 1 heterocycles. The van der Waals surface area contributed by atoms with Crippen LogP contribution in [0.2, 0.25) is 5.02 Å². The van der Waals surface area contributed by atoms with E-state index in [9.17, 15) is 5.11 Å². The quantitative estimate of drug-likeness (QED) is 0.802. The minimum Gasteiger partial charge on any atom is -0.394 e. The molecule has 22 heavy (non-hydrogen) atoms. The van der Waals surface area contributed by atoms with Crippen molar-refractivity contribution in [3.63, 3.8) is 0 Å². The van der Waals surface area contributed by atoms with Gasteiger partial charge in [-0.05, 0) is 23.3 Å². The van der Waals surface area contributed by atoms with Crippen molar-refractivity contribution in [3.05, 3.63) is 53.3 Å². The zero-order valence-electron chi connectivity index (χ0n) is 11.9. The fourth-order valence-electron chi connectivity index (χ4n) is 2.19. The van der Waals surface area contributed by atoms with E-state index in [-0.39, 0.29) is 13.0 Å². The standard InChI is InChI=1S/C16H16ClN3O2/c1-11(8-18)6-16(22)14-3-2-13(17)7-15(14)12-9-19-20(10-12)4-5-21/h2-3,7,9-10,16,21-22H,1,4-6H2. The normalized spacial score (nSPS) is 11.9. The minimum absolute atomic E-state index is 0.00581. The molecule has 0 aliphatic rings. The zero-order chi connectivity index (χ0) is 16.1. The fraction of sp³-hybridized carbons (Fsp3) is 0.250. The van der Waals surface area contributed by atoms with Gasteiger partial charge in [-0.3, -0.25) is 4.68 Å². The maximum absolute atomic E-state index is 10.3. The van der Waals surface area contributed by atoms with Crippen LogP contribution in [-0.4, -0.2) is 26.6 Å². The van der Waals surface area contributed by atoms with Crippen molar-refractivity contribution in [2.75, 3.05) is 6.61 Å². The molecule has 5 nitrogen and oxygen atoms in total. The largest absolute Gasteiger partial charge is 0.394 e. The van der Waals surface area contributed by atoms with E-state index in [0.29, 0.717) is 22.7 Å². The van der Waals surface area contributed by atoms with E-state index in [1.807, 2.05) is 6.07 Å². The summed E-state index contributed by atoms with van der Waals surface area (Å²) in [7, 11) is 0. The molecule has 1 aromatic carbocycles. The minimum atomic E-state index is -0.847. The molecule has 1 atom stereocenters. The van der Waals surface area contributed by atoms with Gasteiger partial charge in [-0.25, -0.2) is 0 Å². The first kappa shape index (κ1) is 16.2. The molecule has 0 amide bonds. The van der Waals surface area contributed by atoms with E-state index in [4.69, 9.17) is 22.0 Å². The fourth-order valence-corrected chi connectivity index (χ4v) is 2.36. The van der Waals surface area contributed by atoms with Crippen molar-refractivity contribution in [2.45, 2.75) is 19.1 Å². The van der Waals surface area contributed by atoms with Crippen molar-refractivity contribution in [2.24, 2.45) is 0 Å². The lowest BCUT2D eigenvalue weighted by atomic mass is 9.95. The first-order chi connectivity index (χ1) is 10.5. The van der Waals surface area contributed by atoms with Crippen LogP contribution >= 0.6 is 11.6 Å². The predicted octanol–water partition coefficient (Wildman–Crippen LogP) is 2.70. The highest BCUT2D eigenvalue weighted by molar-refractivity contribution is 6.30. The summed E-state index contributed by atoms with van der Waals surface area (Å²) >= 11 is 6.05. The topological polar surface area (TPSA) is 82.1 Å². The number of aliphatic hydroxyl groups excluding tert-OH is 2. The highest BCUT2D eigenvalue weighted by atomic mass is 35.5. The van der Waals surface area contributed by atoms with Gasteiger partial charge in [0.1, 0.15) is 0 Å². The predicted molar refractivity (Wildman–Crippen MR) is 84.1 cm³/mol. The van der Waals surface area contributed by atoms with Crippen molar-refractivity contribution in [3.8, 4) is 17.2 Å². The van der Waals surface area contributed by atoms with Crippen LogP contribution in [0.15, 0.2) is 42.7 Å². The molecule has 0 aliphatic heterocycles. The zero-order valence-corrected chi connectivity index (χ0v) is 12.7. The number of nitrogens with zero attached hydrogens (tertiary/aromatic N) is 3. The number of aromatic nitrogens is 2. The molecule has 1 aromatic heterocycles. The SMILES string of the molecule is C=C(C#N)CC(O)c1ccc(Cl)cc1-c1cnn(CCO)c1. The number of hydrogen-bond donors (Lipinski definition) is 2. The molecule has 0 bridgehead atoms. The van der Waals surface area contributed by atoms with Crippen molar-refractivity contribution < 1.29 is 10.2 Å². The molecule has 6 heteroatoms. The maximum Gasteiger partial charge on any atom is 0.0941 e. The Morgan fingerprint density at radius 3 is 2.95 bits per heavy atom. The third kappa shape index (κ3) is 3.74. The van der Waals surface area contributed by atoms with Gasteiger partial charge in [0, 0.05) is 28.8 Å². The second-order valence-corrected chi connectivity index (χ2v) is 5.32. The molecule has 0 saturated heterocycles. The molecule has 2 N–H and O–H groups in total. The Labute approximate surface area is 133 Å². The average molecular weight is 318 g/mol. The highest BCUT2D eigenvalue weighted by Gasteiger charge is 2.16. The summed E-state index contributed by atoms with van der Waals surface area (Å²) in [4.78, 5) is 0. The highest BCUT2D eigenvalue weighted by Crippen LogP contribution is 2.33. The lowest BCUT2D eigenvalue weighted by Crippen LogP contribution is -2.02. The monoisotopic (exact) mass is 317 g/mol. The van der Waals surface area contributed by atoms with Crippen LogP contribution in [0.5, 0.6) is 0 Å².